The second-order valence-electron chi connectivity index (χ2n) is 6.57. The number of ether oxygens (including phenoxy) is 1. The number of carbonyl (C=O) groups excluding carboxylic acids is 1. The molecule has 0 aromatic carbocycles. The van der Waals surface area contributed by atoms with E-state index in [0.717, 1.165) is 6.42 Å². The summed E-state index contributed by atoms with van der Waals surface area (Å²) in [6, 6.07) is 0. The number of hydroxylamine groups is 2. The number of hydrogen-bond donors (Lipinski definition) is 0. The monoisotopic (exact) mass is 267 g/mol. The Balaban J connectivity index is 1.70. The van der Waals surface area contributed by atoms with Crippen LogP contribution >= 0.6 is 0 Å². The second kappa shape index (κ2) is 3.93. The fraction of sp³-hybridized carbons (Fsp3) is 0.929. The van der Waals surface area contributed by atoms with Crippen LogP contribution in [0.1, 0.15) is 39.0 Å². The van der Waals surface area contributed by atoms with Crippen LogP contribution in [0.25, 0.3) is 0 Å². The molecular formula is C14H21NO4. The molecule has 106 valence electrons. The molecule has 19 heavy (non-hydrogen) atoms. The molecular weight excluding hydrogens is 246 g/mol. The third kappa shape index (κ3) is 1.38. The molecule has 5 aliphatic rings. The first-order chi connectivity index (χ1) is 9.16. The van der Waals surface area contributed by atoms with Crippen LogP contribution < -0.4 is 0 Å². The Kier molecular flexibility index (Phi) is 2.51. The van der Waals surface area contributed by atoms with Crippen LogP contribution in [0.4, 0.5) is 0 Å². The van der Waals surface area contributed by atoms with Crippen molar-refractivity contribution in [2.45, 2.75) is 56.8 Å². The number of rotatable bonds is 1. The van der Waals surface area contributed by atoms with E-state index in [0.29, 0.717) is 11.8 Å². The minimum absolute atomic E-state index is 0.154. The molecule has 0 N–H and O–H groups in total. The lowest BCUT2D eigenvalue weighted by Crippen LogP contribution is -2.66. The van der Waals surface area contributed by atoms with Crippen molar-refractivity contribution < 1.29 is 19.2 Å². The summed E-state index contributed by atoms with van der Waals surface area (Å²) in [5, 5.41) is 1.65. The van der Waals surface area contributed by atoms with Gasteiger partial charge in [-0.3, -0.25) is 9.68 Å². The fourth-order valence-electron chi connectivity index (χ4n) is 4.97. The van der Waals surface area contributed by atoms with E-state index in [1.165, 1.54) is 32.8 Å². The lowest BCUT2D eigenvalue weighted by Gasteiger charge is -2.59. The van der Waals surface area contributed by atoms with Crippen molar-refractivity contribution in [3.63, 3.8) is 0 Å². The molecule has 4 bridgehead atoms. The van der Waals surface area contributed by atoms with Crippen LogP contribution in [0.3, 0.4) is 0 Å². The van der Waals surface area contributed by atoms with Crippen molar-refractivity contribution in [2.24, 2.45) is 17.8 Å². The van der Waals surface area contributed by atoms with Crippen molar-refractivity contribution in [1.82, 2.24) is 5.23 Å². The molecule has 2 aliphatic carbocycles. The predicted octanol–water partition coefficient (Wildman–Crippen LogP) is 1.67. The molecule has 3 aliphatic heterocycles. The zero-order valence-corrected chi connectivity index (χ0v) is 11.5. The molecule has 0 aromatic heterocycles. The van der Waals surface area contributed by atoms with E-state index >= 15 is 0 Å². The molecule has 0 amide bonds. The third-order valence-corrected chi connectivity index (χ3v) is 5.92. The lowest BCUT2D eigenvalue weighted by molar-refractivity contribution is -0.451. The Morgan fingerprint density at radius 2 is 2.05 bits per heavy atom. The Morgan fingerprint density at radius 3 is 2.84 bits per heavy atom. The number of esters is 1. The average molecular weight is 267 g/mol. The first kappa shape index (κ1) is 12.1. The van der Waals surface area contributed by atoms with Crippen LogP contribution in [0.2, 0.25) is 0 Å². The van der Waals surface area contributed by atoms with Crippen molar-refractivity contribution in [2.75, 3.05) is 7.11 Å². The van der Waals surface area contributed by atoms with Gasteiger partial charge in [0.05, 0.1) is 18.8 Å². The number of methoxy groups -OCH3 is 1. The van der Waals surface area contributed by atoms with Gasteiger partial charge in [0, 0.05) is 5.92 Å². The van der Waals surface area contributed by atoms with Gasteiger partial charge in [-0.1, -0.05) is 18.1 Å². The van der Waals surface area contributed by atoms with E-state index in [4.69, 9.17) is 14.4 Å². The maximum absolute atomic E-state index is 11.9. The molecule has 5 nitrogen and oxygen atoms in total. The zero-order chi connectivity index (χ0) is 13.2. The molecule has 2 unspecified atom stereocenters. The fourth-order valence-corrected chi connectivity index (χ4v) is 4.97. The molecule has 7 atom stereocenters. The lowest BCUT2D eigenvalue weighted by atomic mass is 9.55. The van der Waals surface area contributed by atoms with Gasteiger partial charge in [0.2, 0.25) is 0 Å². The van der Waals surface area contributed by atoms with Gasteiger partial charge in [-0.25, -0.2) is 4.79 Å². The molecule has 5 heteroatoms. The first-order valence-corrected chi connectivity index (χ1v) is 7.38. The largest absolute Gasteiger partial charge is 0.467 e. The summed E-state index contributed by atoms with van der Waals surface area (Å²) in [5.41, 5.74) is -0.154. The SMILES string of the molecule is COC(=O)[C@@H]1ON2O[C@H]3C[C@@H]1C2(C)[C@H]1CCCC[C@H]31. The van der Waals surface area contributed by atoms with Gasteiger partial charge in [0.25, 0.3) is 0 Å². The quantitative estimate of drug-likeness (QED) is 0.676. The third-order valence-electron chi connectivity index (χ3n) is 5.92. The van der Waals surface area contributed by atoms with Crippen LogP contribution in [0.15, 0.2) is 0 Å². The van der Waals surface area contributed by atoms with Crippen molar-refractivity contribution in [1.29, 1.82) is 0 Å². The Hall–Kier alpha value is -0.650. The van der Waals surface area contributed by atoms with Gasteiger partial charge in [0.15, 0.2) is 6.10 Å². The van der Waals surface area contributed by atoms with Crippen molar-refractivity contribution >= 4 is 5.97 Å². The molecule has 0 spiro atoms. The molecule has 2 saturated carbocycles. The molecule has 3 saturated heterocycles. The Morgan fingerprint density at radius 1 is 1.26 bits per heavy atom. The smallest absolute Gasteiger partial charge is 0.337 e. The summed E-state index contributed by atoms with van der Waals surface area (Å²) in [6.07, 6.45) is 5.75. The number of nitrogens with zero attached hydrogens (tertiary/aromatic N) is 1. The van der Waals surface area contributed by atoms with Crippen LogP contribution in [0, 0.1) is 17.8 Å². The molecule has 3 heterocycles. The maximum atomic E-state index is 11.9. The van der Waals surface area contributed by atoms with E-state index in [9.17, 15) is 4.79 Å². The molecule has 0 radical (unpaired) electrons. The van der Waals surface area contributed by atoms with Gasteiger partial charge < -0.3 is 4.74 Å². The highest BCUT2D eigenvalue weighted by Crippen LogP contribution is 2.60. The highest BCUT2D eigenvalue weighted by atomic mass is 17.0. The van der Waals surface area contributed by atoms with Gasteiger partial charge in [0.1, 0.15) is 0 Å². The van der Waals surface area contributed by atoms with Gasteiger partial charge in [-0.15, -0.1) is 0 Å². The first-order valence-electron chi connectivity index (χ1n) is 7.38. The Labute approximate surface area is 113 Å². The van der Waals surface area contributed by atoms with E-state index in [1.54, 1.807) is 5.23 Å². The minimum Gasteiger partial charge on any atom is -0.467 e. The normalized spacial score (nSPS) is 54.8. The standard InChI is InChI=1S/C14H21NO4/c1-14-9-6-4-3-5-8(9)11-7-10(14)12(13(16)17-2)19-15(14)18-11/h8-12H,3-7H2,1-2H3/t8-,9-,10-,11-,12+,14?/m0/s1. The second-order valence-corrected chi connectivity index (χ2v) is 6.57. The number of carbonyl (C=O) groups is 1. The summed E-state index contributed by atoms with van der Waals surface area (Å²) < 4.78 is 4.88. The van der Waals surface area contributed by atoms with E-state index in [1.807, 2.05) is 0 Å². The summed E-state index contributed by atoms with van der Waals surface area (Å²) in [4.78, 5) is 23.6. The molecule has 5 rings (SSSR count). The van der Waals surface area contributed by atoms with Gasteiger partial charge in [-0.05, 0) is 38.0 Å². The average Bonchev–Trinajstić information content (AvgIpc) is 2.62. The topological polar surface area (TPSA) is 48.0 Å². The van der Waals surface area contributed by atoms with Gasteiger partial charge >= 0.3 is 5.97 Å². The zero-order valence-electron chi connectivity index (χ0n) is 11.5. The molecule has 5 fully saturated rings. The van der Waals surface area contributed by atoms with E-state index in [2.05, 4.69) is 6.92 Å². The minimum atomic E-state index is -0.483. The Bertz CT molecular complexity index is 414. The molecule has 0 aromatic rings. The van der Waals surface area contributed by atoms with Crippen molar-refractivity contribution in [3.05, 3.63) is 0 Å². The number of hydrogen-bond acceptors (Lipinski definition) is 5. The van der Waals surface area contributed by atoms with E-state index in [-0.39, 0.29) is 23.5 Å². The highest BCUT2D eigenvalue weighted by molar-refractivity contribution is 5.75. The van der Waals surface area contributed by atoms with Crippen molar-refractivity contribution in [3.8, 4) is 0 Å². The summed E-state index contributed by atoms with van der Waals surface area (Å²) in [7, 11) is 1.42. The summed E-state index contributed by atoms with van der Waals surface area (Å²) in [5.74, 6) is 1.18. The summed E-state index contributed by atoms with van der Waals surface area (Å²) >= 11 is 0. The van der Waals surface area contributed by atoms with Crippen LogP contribution in [0.5, 0.6) is 0 Å². The maximum Gasteiger partial charge on any atom is 0.337 e. The summed E-state index contributed by atoms with van der Waals surface area (Å²) in [6.45, 7) is 2.21. The van der Waals surface area contributed by atoms with Crippen LogP contribution in [-0.4, -0.2) is 36.1 Å². The predicted molar refractivity (Wildman–Crippen MR) is 65.6 cm³/mol. The van der Waals surface area contributed by atoms with Gasteiger partial charge in [-0.2, -0.15) is 0 Å². The van der Waals surface area contributed by atoms with E-state index < -0.39 is 6.10 Å². The highest BCUT2D eigenvalue weighted by Gasteiger charge is 2.69. The van der Waals surface area contributed by atoms with Crippen LogP contribution in [-0.2, 0) is 19.2 Å².